The molecule has 1 aliphatic rings. The maximum atomic E-state index is 2.43. The third-order valence-electron chi connectivity index (χ3n) is 4.41. The molecule has 0 radical (unpaired) electrons. The van der Waals surface area contributed by atoms with Crippen LogP contribution in [0.25, 0.3) is 0 Å². The molecule has 17 heavy (non-hydrogen) atoms. The van der Waals surface area contributed by atoms with Crippen LogP contribution in [0.5, 0.6) is 0 Å². The summed E-state index contributed by atoms with van der Waals surface area (Å²) in [7, 11) is 0. The summed E-state index contributed by atoms with van der Waals surface area (Å²) in [6.07, 6.45) is 12.7. The van der Waals surface area contributed by atoms with Crippen molar-refractivity contribution in [3.63, 3.8) is 0 Å². The summed E-state index contributed by atoms with van der Waals surface area (Å²) in [4.78, 5) is 0. The van der Waals surface area contributed by atoms with Crippen LogP contribution in [0.1, 0.15) is 60.3 Å². The zero-order valence-corrected chi connectivity index (χ0v) is 12.4. The highest BCUT2D eigenvalue weighted by Gasteiger charge is 2.21. The Hall–Kier alpha value is -0.520. The Labute approximate surface area is 108 Å². The minimum atomic E-state index is 0.677. The Balaban J connectivity index is 2.36. The number of hydrogen-bond acceptors (Lipinski definition) is 0. The normalized spacial score (nSPS) is 27.4. The van der Waals surface area contributed by atoms with Crippen LogP contribution in [0.3, 0.4) is 0 Å². The summed E-state index contributed by atoms with van der Waals surface area (Å²) in [5.41, 5.74) is 1.48. The zero-order valence-electron chi connectivity index (χ0n) is 12.4. The second-order valence-corrected chi connectivity index (χ2v) is 6.37. The van der Waals surface area contributed by atoms with Gasteiger partial charge in [0.2, 0.25) is 0 Å². The molecule has 98 valence electrons. The molecule has 1 rings (SSSR count). The largest absolute Gasteiger partial charge is 0.0814 e. The molecule has 1 fully saturated rings. The predicted octanol–water partition coefficient (Wildman–Crippen LogP) is 5.61. The first-order valence-corrected chi connectivity index (χ1v) is 7.35. The monoisotopic (exact) mass is 234 g/mol. The summed E-state index contributed by atoms with van der Waals surface area (Å²) in [6.45, 7) is 11.5. The molecule has 0 aromatic heterocycles. The van der Waals surface area contributed by atoms with Crippen molar-refractivity contribution in [1.29, 1.82) is 0 Å². The molecular weight excluding hydrogens is 204 g/mol. The summed E-state index contributed by atoms with van der Waals surface area (Å²) >= 11 is 0. The van der Waals surface area contributed by atoms with Gasteiger partial charge in [-0.2, -0.15) is 0 Å². The van der Waals surface area contributed by atoms with E-state index in [9.17, 15) is 0 Å². The lowest BCUT2D eigenvalue weighted by atomic mass is 9.77. The molecule has 1 saturated carbocycles. The van der Waals surface area contributed by atoms with Crippen molar-refractivity contribution in [2.24, 2.45) is 23.7 Å². The molecular formula is C17H30. The molecule has 1 aliphatic carbocycles. The van der Waals surface area contributed by atoms with E-state index < -0.39 is 0 Å². The van der Waals surface area contributed by atoms with Crippen LogP contribution in [0.4, 0.5) is 0 Å². The zero-order chi connectivity index (χ0) is 12.8. The molecule has 0 aromatic carbocycles. The molecule has 0 nitrogen and oxygen atoms in total. The number of hydrogen-bond donors (Lipinski definition) is 0. The van der Waals surface area contributed by atoms with Crippen LogP contribution in [0, 0.1) is 23.7 Å². The minimum Gasteiger partial charge on any atom is -0.0814 e. The smallest absolute Gasteiger partial charge is 0.0230 e. The van der Waals surface area contributed by atoms with Crippen molar-refractivity contribution in [3.8, 4) is 0 Å². The topological polar surface area (TPSA) is 0 Å². The van der Waals surface area contributed by atoms with Gasteiger partial charge in [0.15, 0.2) is 0 Å². The Kier molecular flexibility index (Phi) is 6.02. The van der Waals surface area contributed by atoms with Gasteiger partial charge < -0.3 is 0 Å². The van der Waals surface area contributed by atoms with Crippen molar-refractivity contribution in [3.05, 3.63) is 23.8 Å². The predicted molar refractivity (Wildman–Crippen MR) is 78.0 cm³/mol. The van der Waals surface area contributed by atoms with Crippen molar-refractivity contribution in [1.82, 2.24) is 0 Å². The fourth-order valence-electron chi connectivity index (χ4n) is 2.56. The van der Waals surface area contributed by atoms with E-state index in [-0.39, 0.29) is 0 Å². The van der Waals surface area contributed by atoms with Crippen LogP contribution in [-0.2, 0) is 0 Å². The van der Waals surface area contributed by atoms with Gasteiger partial charge in [-0.05, 0) is 56.3 Å². The van der Waals surface area contributed by atoms with Gasteiger partial charge in [0.25, 0.3) is 0 Å². The number of allylic oxidation sites excluding steroid dienone is 4. The fraction of sp³-hybridized carbons (Fsp3) is 0.765. The van der Waals surface area contributed by atoms with Crippen molar-refractivity contribution >= 4 is 0 Å². The quantitative estimate of drug-likeness (QED) is 0.555. The lowest BCUT2D eigenvalue weighted by Crippen LogP contribution is -2.17. The first-order valence-electron chi connectivity index (χ1n) is 7.35. The second-order valence-electron chi connectivity index (χ2n) is 6.37. The van der Waals surface area contributed by atoms with Crippen LogP contribution in [0.2, 0.25) is 0 Å². The second kappa shape index (κ2) is 7.03. The third kappa shape index (κ3) is 5.10. The van der Waals surface area contributed by atoms with Crippen molar-refractivity contribution < 1.29 is 0 Å². The number of rotatable bonds is 4. The van der Waals surface area contributed by atoms with Crippen LogP contribution in [0.15, 0.2) is 23.8 Å². The van der Waals surface area contributed by atoms with Gasteiger partial charge in [0.1, 0.15) is 0 Å². The van der Waals surface area contributed by atoms with Crippen LogP contribution < -0.4 is 0 Å². The molecule has 0 aliphatic heterocycles. The molecule has 0 bridgehead atoms. The average molecular weight is 234 g/mol. The van der Waals surface area contributed by atoms with Crippen molar-refractivity contribution in [2.75, 3.05) is 0 Å². The van der Waals surface area contributed by atoms with E-state index in [1.165, 1.54) is 31.3 Å². The summed E-state index contributed by atoms with van der Waals surface area (Å²) in [5.74, 6) is 3.37. The molecule has 0 saturated heterocycles. The summed E-state index contributed by atoms with van der Waals surface area (Å²) < 4.78 is 0. The van der Waals surface area contributed by atoms with E-state index in [4.69, 9.17) is 0 Å². The Morgan fingerprint density at radius 2 is 1.59 bits per heavy atom. The highest BCUT2D eigenvalue weighted by Crippen LogP contribution is 2.33. The summed E-state index contributed by atoms with van der Waals surface area (Å²) in [5, 5.41) is 0. The van der Waals surface area contributed by atoms with E-state index in [1.54, 1.807) is 0 Å². The van der Waals surface area contributed by atoms with Gasteiger partial charge in [-0.3, -0.25) is 0 Å². The standard InChI is InChI=1S/C17H30/c1-13(2)15(5)7-6-8-16-9-11-17(12-10-16)14(3)4/h6-8,13-14,16-17H,9-12H2,1-5H3/b8-6?,15-7+. The third-order valence-corrected chi connectivity index (χ3v) is 4.41. The maximum absolute atomic E-state index is 2.43. The van der Waals surface area contributed by atoms with Crippen LogP contribution in [-0.4, -0.2) is 0 Å². The molecule has 0 heteroatoms. The summed E-state index contributed by atoms with van der Waals surface area (Å²) in [6, 6.07) is 0. The van der Waals surface area contributed by atoms with Gasteiger partial charge in [-0.15, -0.1) is 0 Å². The first-order chi connectivity index (χ1) is 8.00. The van der Waals surface area contributed by atoms with E-state index >= 15 is 0 Å². The van der Waals surface area contributed by atoms with E-state index in [0.717, 1.165) is 17.8 Å². The van der Waals surface area contributed by atoms with Gasteiger partial charge in [-0.25, -0.2) is 0 Å². The van der Waals surface area contributed by atoms with Gasteiger partial charge >= 0.3 is 0 Å². The molecule has 0 amide bonds. The SMILES string of the molecule is C/C(=C\C=CC1CCC(C(C)C)CC1)C(C)C. The first kappa shape index (κ1) is 14.5. The highest BCUT2D eigenvalue weighted by atomic mass is 14.3. The van der Waals surface area contributed by atoms with E-state index in [1.807, 2.05) is 0 Å². The fourth-order valence-corrected chi connectivity index (χ4v) is 2.56. The molecule has 0 spiro atoms. The van der Waals surface area contributed by atoms with Gasteiger partial charge in [0.05, 0.1) is 0 Å². The van der Waals surface area contributed by atoms with Crippen molar-refractivity contribution in [2.45, 2.75) is 60.3 Å². The van der Waals surface area contributed by atoms with Gasteiger partial charge in [-0.1, -0.05) is 51.5 Å². The average Bonchev–Trinajstić information content (AvgIpc) is 2.29. The minimum absolute atomic E-state index is 0.677. The van der Waals surface area contributed by atoms with Crippen LogP contribution >= 0.6 is 0 Å². The lowest BCUT2D eigenvalue weighted by molar-refractivity contribution is 0.248. The molecule has 0 atom stereocenters. The Morgan fingerprint density at radius 1 is 1.00 bits per heavy atom. The molecule has 0 heterocycles. The Bertz CT molecular complexity index is 260. The highest BCUT2D eigenvalue weighted by molar-refractivity contribution is 5.13. The van der Waals surface area contributed by atoms with E-state index in [0.29, 0.717) is 5.92 Å². The molecule has 0 unspecified atom stereocenters. The van der Waals surface area contributed by atoms with Gasteiger partial charge in [0, 0.05) is 0 Å². The molecule has 0 aromatic rings. The lowest BCUT2D eigenvalue weighted by Gasteiger charge is -2.29. The maximum Gasteiger partial charge on any atom is -0.0230 e. The molecule has 0 N–H and O–H groups in total. The Morgan fingerprint density at radius 3 is 2.06 bits per heavy atom. The van der Waals surface area contributed by atoms with E-state index in [2.05, 4.69) is 52.8 Å².